The summed E-state index contributed by atoms with van der Waals surface area (Å²) in [5, 5.41) is 4.96. The van der Waals surface area contributed by atoms with E-state index < -0.39 is 6.04 Å². The summed E-state index contributed by atoms with van der Waals surface area (Å²) < 4.78 is 0. The van der Waals surface area contributed by atoms with Gasteiger partial charge in [-0.2, -0.15) is 0 Å². The first-order valence-corrected chi connectivity index (χ1v) is 21.7. The molecule has 10 heteroatoms. The maximum Gasteiger partial charge on any atom is 0.250 e. The highest BCUT2D eigenvalue weighted by Gasteiger charge is 2.37. The molecular weight excluding hydrogens is 747 g/mol. The van der Waals surface area contributed by atoms with Crippen LogP contribution in [0, 0.1) is 0 Å². The van der Waals surface area contributed by atoms with Crippen molar-refractivity contribution in [2.24, 2.45) is 0 Å². The largest absolute Gasteiger partial charge is 0.341 e. The molecule has 0 saturated carbocycles. The van der Waals surface area contributed by atoms with Gasteiger partial charge in [0.05, 0.1) is 28.3 Å². The lowest BCUT2D eigenvalue weighted by Crippen LogP contribution is -2.42. The number of unbranched alkanes of at least 4 members (excludes halogenated alkanes) is 1. The fourth-order valence-corrected chi connectivity index (χ4v) is 10.1. The topological polar surface area (TPSA) is 95.5 Å². The number of thiazole rings is 2. The number of hydrogen-bond acceptors (Lipinski definition) is 7. The Kier molecular flexibility index (Phi) is 12.0. The minimum atomic E-state index is -0.721. The molecule has 0 radical (unpaired) electrons. The highest BCUT2D eigenvalue weighted by atomic mass is 32.1. The molecule has 2 aliphatic heterocycles. The van der Waals surface area contributed by atoms with Crippen LogP contribution in [0.3, 0.4) is 0 Å². The molecule has 6 aromatic rings. The summed E-state index contributed by atoms with van der Waals surface area (Å²) in [6, 6.07) is 35.9. The number of nitrogens with zero attached hydrogens (tertiary/aromatic N) is 4. The Bertz CT molecular complexity index is 2290. The first-order chi connectivity index (χ1) is 27.9. The van der Waals surface area contributed by atoms with Crippen molar-refractivity contribution in [2.45, 2.75) is 76.4 Å². The van der Waals surface area contributed by atoms with Crippen LogP contribution in [0.25, 0.3) is 32.0 Å². The van der Waals surface area contributed by atoms with Crippen LogP contribution in [0.2, 0.25) is 0 Å². The number of carbonyl (C=O) groups is 3. The quantitative estimate of drug-likeness (QED) is 0.126. The van der Waals surface area contributed by atoms with Crippen molar-refractivity contribution in [3.63, 3.8) is 0 Å². The molecule has 0 bridgehead atoms. The van der Waals surface area contributed by atoms with Crippen molar-refractivity contribution >= 4 is 40.4 Å². The number of carbonyl (C=O) groups excluding carboxylic acids is 3. The van der Waals surface area contributed by atoms with Gasteiger partial charge in [0, 0.05) is 31.9 Å². The van der Waals surface area contributed by atoms with Crippen LogP contribution in [0.1, 0.15) is 91.1 Å². The molecule has 3 atom stereocenters. The van der Waals surface area contributed by atoms with Gasteiger partial charge in [-0.15, -0.1) is 22.7 Å². The number of rotatable bonds is 13. The zero-order chi connectivity index (χ0) is 39.1. The predicted molar refractivity (Wildman–Crippen MR) is 228 cm³/mol. The van der Waals surface area contributed by atoms with Gasteiger partial charge in [0.25, 0.3) is 0 Å². The monoisotopic (exact) mass is 793 g/mol. The van der Waals surface area contributed by atoms with Gasteiger partial charge in [0.15, 0.2) is 0 Å². The van der Waals surface area contributed by atoms with E-state index in [9.17, 15) is 14.4 Å². The van der Waals surface area contributed by atoms with Gasteiger partial charge in [0.2, 0.25) is 17.7 Å². The van der Waals surface area contributed by atoms with Crippen LogP contribution in [0.15, 0.2) is 122 Å². The van der Waals surface area contributed by atoms with Crippen molar-refractivity contribution < 1.29 is 14.4 Å². The van der Waals surface area contributed by atoms with E-state index in [1.54, 1.807) is 22.7 Å². The first kappa shape index (κ1) is 38.4. The van der Waals surface area contributed by atoms with Crippen LogP contribution in [0.4, 0.5) is 0 Å². The Morgan fingerprint density at radius 3 is 1.75 bits per heavy atom. The van der Waals surface area contributed by atoms with E-state index in [0.29, 0.717) is 19.4 Å². The zero-order valence-electron chi connectivity index (χ0n) is 32.2. The lowest BCUT2D eigenvalue weighted by Gasteiger charge is -2.28. The third kappa shape index (κ3) is 8.77. The van der Waals surface area contributed by atoms with E-state index in [0.717, 1.165) is 98.2 Å². The number of aromatic nitrogens is 2. The molecule has 0 unspecified atom stereocenters. The molecule has 2 aliphatic rings. The molecule has 8 nitrogen and oxygen atoms in total. The smallest absolute Gasteiger partial charge is 0.250 e. The fraction of sp³-hybridized carbons (Fsp3) is 0.298. The zero-order valence-corrected chi connectivity index (χ0v) is 33.8. The highest BCUT2D eigenvalue weighted by Crippen LogP contribution is 2.40. The van der Waals surface area contributed by atoms with Crippen LogP contribution in [0.5, 0.6) is 0 Å². The van der Waals surface area contributed by atoms with Gasteiger partial charge < -0.3 is 15.1 Å². The Morgan fingerprint density at radius 1 is 0.684 bits per heavy atom. The van der Waals surface area contributed by atoms with Crippen molar-refractivity contribution in [1.82, 2.24) is 25.1 Å². The van der Waals surface area contributed by atoms with Crippen molar-refractivity contribution in [1.29, 1.82) is 0 Å². The summed E-state index contributed by atoms with van der Waals surface area (Å²) in [6.07, 6.45) is 10.1. The average molecular weight is 794 g/mol. The van der Waals surface area contributed by atoms with Crippen LogP contribution in [-0.2, 0) is 20.8 Å². The standard InChI is InChI=1S/C47H47N5O3S2/c1-2-3-18-42(53)50-44(37-14-8-5-9-15-37)47(55)52-28-11-17-39(52)46-49-31-41(57-46)36-25-21-34(22-26-36)33-19-23-35(24-20-33)40-30-48-45(56-40)38-16-10-27-51(38)43(54)29-32-12-6-4-7-13-32/h4-9,12-15,19-26,30-31,38-39,44H,2-3,10-11,16-18,27-29H2,1H3,(H,50,53)/t38-,39-,44-/m0/s1. The summed E-state index contributed by atoms with van der Waals surface area (Å²) in [4.78, 5) is 55.9. The summed E-state index contributed by atoms with van der Waals surface area (Å²) in [5.74, 6) is -0.0136. The van der Waals surface area contributed by atoms with Crippen LogP contribution in [-0.4, -0.2) is 50.6 Å². The number of benzene rings is 4. The van der Waals surface area contributed by atoms with Gasteiger partial charge >= 0.3 is 0 Å². The van der Waals surface area contributed by atoms with Gasteiger partial charge in [0.1, 0.15) is 16.1 Å². The van der Waals surface area contributed by atoms with Gasteiger partial charge in [-0.05, 0) is 65.5 Å². The number of nitrogens with one attached hydrogen (secondary N) is 1. The Labute approximate surface area is 342 Å². The third-order valence-electron chi connectivity index (χ3n) is 11.0. The minimum Gasteiger partial charge on any atom is -0.341 e. The third-order valence-corrected chi connectivity index (χ3v) is 13.3. The average Bonchev–Trinajstić information content (AvgIpc) is 4.10. The van der Waals surface area contributed by atoms with Crippen LogP contribution >= 0.6 is 22.7 Å². The lowest BCUT2D eigenvalue weighted by atomic mass is 10.0. The van der Waals surface area contributed by atoms with Gasteiger partial charge in [-0.1, -0.05) is 123 Å². The second-order valence-corrected chi connectivity index (χ2v) is 17.0. The molecule has 2 saturated heterocycles. The summed E-state index contributed by atoms with van der Waals surface area (Å²) in [7, 11) is 0. The highest BCUT2D eigenvalue weighted by molar-refractivity contribution is 7.15. The van der Waals surface area contributed by atoms with E-state index in [2.05, 4.69) is 60.8 Å². The molecule has 290 valence electrons. The first-order valence-electron chi connectivity index (χ1n) is 20.1. The molecule has 2 aromatic heterocycles. The molecule has 4 heterocycles. The fourth-order valence-electron chi connectivity index (χ4n) is 7.95. The maximum atomic E-state index is 14.1. The van der Waals surface area contributed by atoms with Crippen molar-refractivity contribution in [2.75, 3.05) is 13.1 Å². The molecule has 1 N–H and O–H groups in total. The molecule has 57 heavy (non-hydrogen) atoms. The van der Waals surface area contributed by atoms with E-state index in [1.807, 2.05) is 82.9 Å². The second kappa shape index (κ2) is 17.8. The summed E-state index contributed by atoms with van der Waals surface area (Å²) >= 11 is 3.31. The minimum absolute atomic E-state index is 0.0355. The Hall–Kier alpha value is -5.45. The van der Waals surface area contributed by atoms with E-state index >= 15 is 0 Å². The molecule has 4 aromatic carbocycles. The molecule has 2 fully saturated rings. The molecule has 8 rings (SSSR count). The van der Waals surface area contributed by atoms with Crippen molar-refractivity contribution in [3.8, 4) is 32.0 Å². The number of amides is 3. The molecule has 0 aliphatic carbocycles. The van der Waals surface area contributed by atoms with Crippen molar-refractivity contribution in [3.05, 3.63) is 143 Å². The second-order valence-electron chi connectivity index (χ2n) is 14.9. The van der Waals surface area contributed by atoms with E-state index in [4.69, 9.17) is 9.97 Å². The lowest BCUT2D eigenvalue weighted by molar-refractivity contribution is -0.137. The molecular formula is C47H47N5O3S2. The summed E-state index contributed by atoms with van der Waals surface area (Å²) in [5.41, 5.74) is 6.29. The normalized spacial score (nSPS) is 17.1. The Morgan fingerprint density at radius 2 is 1.19 bits per heavy atom. The van der Waals surface area contributed by atoms with Gasteiger partial charge in [-0.3, -0.25) is 14.4 Å². The van der Waals surface area contributed by atoms with Crippen LogP contribution < -0.4 is 5.32 Å². The number of likely N-dealkylation sites (tertiary alicyclic amines) is 2. The van der Waals surface area contributed by atoms with E-state index in [1.165, 1.54) is 0 Å². The molecule has 3 amide bonds. The SMILES string of the molecule is CCCCC(=O)N[C@H](C(=O)N1CCC[C@H]1c1ncc(-c2ccc(-c3ccc(-c4cnc([C@@H]5CCCN5C(=O)Cc5ccccc5)s4)cc3)cc2)s1)c1ccccc1. The maximum absolute atomic E-state index is 14.1. The Balaban J connectivity index is 0.916. The molecule has 0 spiro atoms. The summed E-state index contributed by atoms with van der Waals surface area (Å²) in [6.45, 7) is 3.47. The van der Waals surface area contributed by atoms with E-state index in [-0.39, 0.29) is 29.8 Å². The predicted octanol–water partition coefficient (Wildman–Crippen LogP) is 10.2. The number of hydrogen-bond donors (Lipinski definition) is 1. The van der Waals surface area contributed by atoms with Gasteiger partial charge in [-0.25, -0.2) is 9.97 Å².